The van der Waals surface area contributed by atoms with Crippen LogP contribution in [-0.4, -0.2) is 48.9 Å². The molecule has 8 heteroatoms. The Hall–Kier alpha value is -2.32. The van der Waals surface area contributed by atoms with E-state index < -0.39 is 15.7 Å². The van der Waals surface area contributed by atoms with E-state index in [2.05, 4.69) is 4.99 Å². The molecule has 6 nitrogen and oxygen atoms in total. The smallest absolute Gasteiger partial charge is 0.285 e. The van der Waals surface area contributed by atoms with E-state index in [1.54, 1.807) is 12.1 Å². The normalized spacial score (nSPS) is 23.9. The second-order valence-corrected chi connectivity index (χ2v) is 10.7. The van der Waals surface area contributed by atoms with Crippen molar-refractivity contribution in [1.82, 2.24) is 0 Å². The molecule has 4 rings (SSSR count). The first-order valence-corrected chi connectivity index (χ1v) is 12.1. The summed E-state index contributed by atoms with van der Waals surface area (Å²) in [6.07, 6.45) is 0. The maximum atomic E-state index is 12.5. The van der Waals surface area contributed by atoms with Gasteiger partial charge in [0.15, 0.2) is 21.6 Å². The number of fused-ring (bicyclic) bond motifs is 1. The molecule has 0 aliphatic carbocycles. The summed E-state index contributed by atoms with van der Waals surface area (Å²) in [6.45, 7) is 3.81. The number of hydrogen-bond acceptors (Lipinski definition) is 5. The highest BCUT2D eigenvalue weighted by Gasteiger charge is 2.49. The molecule has 0 spiro atoms. The Kier molecular flexibility index (Phi) is 5.40. The predicted molar refractivity (Wildman–Crippen MR) is 117 cm³/mol. The number of carbonyl (C=O) groups excluding carboxylic acids is 1. The minimum atomic E-state index is -3.10. The van der Waals surface area contributed by atoms with Gasteiger partial charge in [-0.3, -0.25) is 4.79 Å². The number of thioether (sulfide) groups is 1. The molecule has 152 valence electrons. The minimum Gasteiger partial charge on any atom is -0.484 e. The molecule has 2 fully saturated rings. The number of nitrogens with zero attached hydrogens (tertiary/aromatic N) is 2. The van der Waals surface area contributed by atoms with Crippen LogP contribution in [0, 0.1) is 13.8 Å². The van der Waals surface area contributed by atoms with Gasteiger partial charge in [-0.25, -0.2) is 8.42 Å². The Morgan fingerprint density at radius 2 is 1.79 bits per heavy atom. The third-order valence-corrected chi connectivity index (χ3v) is 8.28. The van der Waals surface area contributed by atoms with E-state index >= 15 is 0 Å². The number of ether oxygens (including phenoxy) is 1. The average Bonchev–Trinajstić information content (AvgIpc) is 3.13. The van der Waals surface area contributed by atoms with Gasteiger partial charge >= 0.3 is 0 Å². The van der Waals surface area contributed by atoms with Gasteiger partial charge < -0.3 is 9.64 Å². The molecular formula is C21H22N2O4S2. The van der Waals surface area contributed by atoms with Gasteiger partial charge in [-0.2, -0.15) is 4.99 Å². The number of carbonyl (C=O) groups is 1. The molecule has 2 heterocycles. The lowest BCUT2D eigenvalue weighted by Gasteiger charge is -2.27. The van der Waals surface area contributed by atoms with Gasteiger partial charge in [0, 0.05) is 10.9 Å². The van der Waals surface area contributed by atoms with Crippen LogP contribution in [0.3, 0.4) is 0 Å². The summed E-state index contributed by atoms with van der Waals surface area (Å²) >= 11 is 1.37. The number of benzene rings is 2. The van der Waals surface area contributed by atoms with E-state index in [1.807, 2.05) is 55.1 Å². The zero-order chi connectivity index (χ0) is 20.6. The average molecular weight is 431 g/mol. The molecule has 29 heavy (non-hydrogen) atoms. The summed E-state index contributed by atoms with van der Waals surface area (Å²) in [6, 6.07) is 14.8. The van der Waals surface area contributed by atoms with Gasteiger partial charge in [0.2, 0.25) is 0 Å². The van der Waals surface area contributed by atoms with E-state index in [-0.39, 0.29) is 29.4 Å². The summed E-state index contributed by atoms with van der Waals surface area (Å²) < 4.78 is 29.9. The minimum absolute atomic E-state index is 0.0756. The Labute approximate surface area is 174 Å². The SMILES string of the molecule is Cc1cccc(C)c1N1C(=NC(=O)COc2ccccc2)SC2CS(=O)(=O)CC21. The van der Waals surface area contributed by atoms with Crippen molar-refractivity contribution in [3.8, 4) is 5.75 Å². The lowest BCUT2D eigenvalue weighted by atomic mass is 10.1. The second kappa shape index (κ2) is 7.84. The first kappa shape index (κ1) is 20.0. The van der Waals surface area contributed by atoms with Gasteiger partial charge in [-0.05, 0) is 37.1 Å². The fourth-order valence-electron chi connectivity index (χ4n) is 3.81. The van der Waals surface area contributed by atoms with E-state index in [1.165, 1.54) is 11.8 Å². The number of aliphatic imine (C=N–C) groups is 1. The fraction of sp³-hybridized carbons (Fsp3) is 0.333. The third kappa shape index (κ3) is 4.18. The van der Waals surface area contributed by atoms with Crippen molar-refractivity contribution in [2.75, 3.05) is 23.0 Å². The highest BCUT2D eigenvalue weighted by Crippen LogP contribution is 2.43. The van der Waals surface area contributed by atoms with Crippen molar-refractivity contribution in [1.29, 1.82) is 0 Å². The molecule has 0 N–H and O–H groups in total. The van der Waals surface area contributed by atoms with Crippen LogP contribution in [0.25, 0.3) is 0 Å². The molecule has 2 aliphatic heterocycles. The van der Waals surface area contributed by atoms with Gasteiger partial charge in [-0.15, -0.1) is 0 Å². The lowest BCUT2D eigenvalue weighted by Crippen LogP contribution is -2.38. The predicted octanol–water partition coefficient (Wildman–Crippen LogP) is 2.98. The van der Waals surface area contributed by atoms with Crippen molar-refractivity contribution in [3.63, 3.8) is 0 Å². The summed E-state index contributed by atoms with van der Waals surface area (Å²) in [4.78, 5) is 18.8. The molecule has 0 saturated carbocycles. The summed E-state index contributed by atoms with van der Waals surface area (Å²) in [5.74, 6) is 0.397. The monoisotopic (exact) mass is 430 g/mol. The quantitative estimate of drug-likeness (QED) is 0.742. The van der Waals surface area contributed by atoms with E-state index in [4.69, 9.17) is 4.74 Å². The van der Waals surface area contributed by atoms with Crippen molar-refractivity contribution < 1.29 is 17.9 Å². The molecule has 2 atom stereocenters. The molecule has 0 aromatic heterocycles. The highest BCUT2D eigenvalue weighted by atomic mass is 32.2. The molecule has 1 amide bonds. The van der Waals surface area contributed by atoms with Crippen molar-refractivity contribution in [2.45, 2.75) is 25.1 Å². The van der Waals surface area contributed by atoms with Crippen LogP contribution in [0.15, 0.2) is 53.5 Å². The largest absolute Gasteiger partial charge is 0.484 e. The van der Waals surface area contributed by atoms with Crippen LogP contribution < -0.4 is 9.64 Å². The zero-order valence-electron chi connectivity index (χ0n) is 16.2. The number of amidine groups is 1. The first-order valence-electron chi connectivity index (χ1n) is 9.36. The molecule has 2 aromatic carbocycles. The van der Waals surface area contributed by atoms with Crippen LogP contribution in [0.5, 0.6) is 5.75 Å². The van der Waals surface area contributed by atoms with Crippen molar-refractivity contribution in [2.24, 2.45) is 4.99 Å². The van der Waals surface area contributed by atoms with E-state index in [0.29, 0.717) is 10.9 Å². The fourth-order valence-corrected chi connectivity index (χ4v) is 7.73. The van der Waals surface area contributed by atoms with Gasteiger partial charge in [-0.1, -0.05) is 48.2 Å². The number of sulfone groups is 1. The molecule has 2 saturated heterocycles. The lowest BCUT2D eigenvalue weighted by molar-refractivity contribution is -0.119. The van der Waals surface area contributed by atoms with Gasteiger partial charge in [0.1, 0.15) is 5.75 Å². The van der Waals surface area contributed by atoms with Gasteiger partial charge in [0.05, 0.1) is 17.5 Å². The Morgan fingerprint density at radius 3 is 2.48 bits per heavy atom. The van der Waals surface area contributed by atoms with Crippen LogP contribution in [0.4, 0.5) is 5.69 Å². The Morgan fingerprint density at radius 1 is 1.10 bits per heavy atom. The third-order valence-electron chi connectivity index (χ3n) is 5.07. The summed E-state index contributed by atoms with van der Waals surface area (Å²) in [7, 11) is -3.10. The molecule has 2 aromatic rings. The molecule has 0 radical (unpaired) electrons. The summed E-state index contributed by atoms with van der Waals surface area (Å²) in [5.41, 5.74) is 2.98. The molecule has 0 bridgehead atoms. The van der Waals surface area contributed by atoms with E-state index in [9.17, 15) is 13.2 Å². The molecule has 2 aliphatic rings. The maximum Gasteiger partial charge on any atom is 0.285 e. The first-order chi connectivity index (χ1) is 13.8. The maximum absolute atomic E-state index is 12.5. The molecule has 2 unspecified atom stereocenters. The summed E-state index contributed by atoms with van der Waals surface area (Å²) in [5, 5.41) is 0.426. The molecular weight excluding hydrogens is 408 g/mol. The van der Waals surface area contributed by atoms with Crippen molar-refractivity contribution >= 4 is 38.4 Å². The highest BCUT2D eigenvalue weighted by molar-refractivity contribution is 8.16. The Bertz CT molecular complexity index is 1050. The Balaban J connectivity index is 1.63. The van der Waals surface area contributed by atoms with Crippen LogP contribution >= 0.6 is 11.8 Å². The van der Waals surface area contributed by atoms with Crippen LogP contribution in [0.1, 0.15) is 11.1 Å². The topological polar surface area (TPSA) is 76.0 Å². The number of anilines is 1. The second-order valence-electron chi connectivity index (χ2n) is 7.30. The number of para-hydroxylation sites is 2. The standard InChI is InChI=1S/C21H22N2O4S2/c1-14-7-6-8-15(2)20(14)23-17-12-29(25,26)13-18(17)28-21(23)22-19(24)11-27-16-9-4-3-5-10-16/h3-10,17-18H,11-13H2,1-2H3. The van der Waals surface area contributed by atoms with E-state index in [0.717, 1.165) is 16.8 Å². The number of rotatable bonds is 4. The number of aryl methyl sites for hydroxylation is 2. The van der Waals surface area contributed by atoms with Crippen LogP contribution in [0.2, 0.25) is 0 Å². The number of amides is 1. The zero-order valence-corrected chi connectivity index (χ0v) is 17.9. The van der Waals surface area contributed by atoms with Gasteiger partial charge in [0.25, 0.3) is 5.91 Å². The van der Waals surface area contributed by atoms with Crippen LogP contribution in [-0.2, 0) is 14.6 Å². The van der Waals surface area contributed by atoms with Crippen molar-refractivity contribution in [3.05, 3.63) is 59.7 Å². The number of hydrogen-bond donors (Lipinski definition) is 0.